The number of alkyl halides is 1. The van der Waals surface area contributed by atoms with Crippen LogP contribution < -0.4 is 14.2 Å². The Bertz CT molecular complexity index is 1330. The number of halogens is 1. The van der Waals surface area contributed by atoms with Gasteiger partial charge in [0.1, 0.15) is 43.7 Å². The van der Waals surface area contributed by atoms with Crippen molar-refractivity contribution in [1.29, 1.82) is 0 Å². The van der Waals surface area contributed by atoms with E-state index >= 15 is 0 Å². The Balaban J connectivity index is 1.30. The third kappa shape index (κ3) is 13.5. The Morgan fingerprint density at radius 2 is 1.11 bits per heavy atom. The van der Waals surface area contributed by atoms with E-state index in [2.05, 4.69) is 0 Å². The quantitative estimate of drug-likeness (QED) is 0.0574. The first-order chi connectivity index (χ1) is 22.4. The van der Waals surface area contributed by atoms with Gasteiger partial charge in [0.2, 0.25) is 0 Å². The van der Waals surface area contributed by atoms with Crippen LogP contribution in [-0.4, -0.2) is 76.6 Å². The number of esters is 3. The molecule has 1 atom stereocenters. The average Bonchev–Trinajstić information content (AvgIpc) is 3.08. The molecule has 0 spiro atoms. The van der Waals surface area contributed by atoms with Crippen molar-refractivity contribution < 1.29 is 47.5 Å². The molecule has 0 aromatic heterocycles. The summed E-state index contributed by atoms with van der Waals surface area (Å²) in [5, 5.41) is 0. The molecule has 3 aromatic rings. The van der Waals surface area contributed by atoms with Crippen LogP contribution in [-0.2, 0) is 28.5 Å². The maximum absolute atomic E-state index is 12.6. The smallest absolute Gasteiger partial charge is 0.343 e. The summed E-state index contributed by atoms with van der Waals surface area (Å²) < 4.78 is 37.8. The zero-order valence-electron chi connectivity index (χ0n) is 26.2. The SMILES string of the molecule is CCC(C)C(=O)OCCOCCOCCOc1ccc(C(=O)Oc2ccc(-c3ccc(OCCOC(=O)CCCl)cc3)cc2)cc1. The fraction of sp³-hybridized carbons (Fsp3) is 0.400. The van der Waals surface area contributed by atoms with Crippen LogP contribution in [0.3, 0.4) is 0 Å². The first-order valence-electron chi connectivity index (χ1n) is 15.2. The summed E-state index contributed by atoms with van der Waals surface area (Å²) in [7, 11) is 0. The monoisotopic (exact) mass is 656 g/mol. The van der Waals surface area contributed by atoms with E-state index in [1.165, 1.54) is 0 Å². The molecular formula is C35H41ClO10. The first-order valence-corrected chi connectivity index (χ1v) is 15.7. The Hall–Kier alpha value is -4.12. The van der Waals surface area contributed by atoms with E-state index in [9.17, 15) is 14.4 Å². The fourth-order valence-electron chi connectivity index (χ4n) is 3.83. The lowest BCUT2D eigenvalue weighted by atomic mass is 10.1. The van der Waals surface area contributed by atoms with Gasteiger partial charge in [-0.3, -0.25) is 9.59 Å². The summed E-state index contributed by atoms with van der Waals surface area (Å²) in [4.78, 5) is 35.5. The highest BCUT2D eigenvalue weighted by Crippen LogP contribution is 2.25. The third-order valence-corrected chi connectivity index (χ3v) is 6.80. The lowest BCUT2D eigenvalue weighted by Crippen LogP contribution is -2.18. The Labute approximate surface area is 274 Å². The van der Waals surface area contributed by atoms with E-state index in [0.29, 0.717) is 55.8 Å². The van der Waals surface area contributed by atoms with Gasteiger partial charge in [0, 0.05) is 5.88 Å². The summed E-state index contributed by atoms with van der Waals surface area (Å²) in [6.45, 7) is 6.24. The second-order valence-electron chi connectivity index (χ2n) is 10.0. The molecule has 0 N–H and O–H groups in total. The van der Waals surface area contributed by atoms with Crippen LogP contribution in [0.4, 0.5) is 0 Å². The van der Waals surface area contributed by atoms with Gasteiger partial charge in [-0.1, -0.05) is 38.1 Å². The number of carbonyl (C=O) groups is 3. The zero-order valence-corrected chi connectivity index (χ0v) is 27.0. The molecule has 0 aliphatic rings. The molecule has 46 heavy (non-hydrogen) atoms. The molecule has 0 aliphatic heterocycles. The number of hydrogen-bond acceptors (Lipinski definition) is 10. The van der Waals surface area contributed by atoms with Gasteiger partial charge in [0.05, 0.1) is 44.3 Å². The van der Waals surface area contributed by atoms with E-state index in [-0.39, 0.29) is 50.0 Å². The maximum atomic E-state index is 12.6. The van der Waals surface area contributed by atoms with Gasteiger partial charge < -0.3 is 33.2 Å². The third-order valence-electron chi connectivity index (χ3n) is 6.61. The van der Waals surface area contributed by atoms with Crippen LogP contribution >= 0.6 is 11.6 Å². The van der Waals surface area contributed by atoms with Crippen LogP contribution in [0.1, 0.15) is 37.0 Å². The molecule has 11 heteroatoms. The molecule has 0 aliphatic carbocycles. The molecule has 0 radical (unpaired) electrons. The Morgan fingerprint density at radius 3 is 1.67 bits per heavy atom. The molecular weight excluding hydrogens is 616 g/mol. The molecule has 0 fully saturated rings. The molecule has 0 heterocycles. The molecule has 3 aromatic carbocycles. The highest BCUT2D eigenvalue weighted by Gasteiger charge is 2.12. The average molecular weight is 657 g/mol. The first kappa shape index (κ1) is 36.3. The lowest BCUT2D eigenvalue weighted by Gasteiger charge is -2.10. The van der Waals surface area contributed by atoms with E-state index in [1.807, 2.05) is 50.2 Å². The number of rotatable bonds is 21. The molecule has 0 bridgehead atoms. The zero-order chi connectivity index (χ0) is 33.0. The molecule has 1 unspecified atom stereocenters. The van der Waals surface area contributed by atoms with Gasteiger partial charge in [-0.2, -0.15) is 0 Å². The van der Waals surface area contributed by atoms with Gasteiger partial charge in [-0.05, 0) is 66.1 Å². The summed E-state index contributed by atoms with van der Waals surface area (Å²) in [6, 6.07) is 21.4. The minimum Gasteiger partial charge on any atom is -0.491 e. The van der Waals surface area contributed by atoms with Crippen LogP contribution in [0.5, 0.6) is 17.2 Å². The van der Waals surface area contributed by atoms with Crippen molar-refractivity contribution in [3.8, 4) is 28.4 Å². The van der Waals surface area contributed by atoms with E-state index in [0.717, 1.165) is 17.5 Å². The molecule has 10 nitrogen and oxygen atoms in total. The summed E-state index contributed by atoms with van der Waals surface area (Å²) in [5.41, 5.74) is 2.30. The highest BCUT2D eigenvalue weighted by atomic mass is 35.5. The van der Waals surface area contributed by atoms with Gasteiger partial charge in [-0.25, -0.2) is 4.79 Å². The number of ether oxygens (including phenoxy) is 7. The number of carbonyl (C=O) groups excluding carboxylic acids is 3. The molecule has 248 valence electrons. The molecule has 3 rings (SSSR count). The maximum Gasteiger partial charge on any atom is 0.343 e. The topological polar surface area (TPSA) is 116 Å². The van der Waals surface area contributed by atoms with Crippen molar-refractivity contribution in [3.63, 3.8) is 0 Å². The van der Waals surface area contributed by atoms with E-state index < -0.39 is 5.97 Å². The Morgan fingerprint density at radius 1 is 0.630 bits per heavy atom. The largest absolute Gasteiger partial charge is 0.491 e. The lowest BCUT2D eigenvalue weighted by molar-refractivity contribution is -0.149. The standard InChI is InChI=1S/C35H41ClO10/c1-3-26(2)34(38)45-23-21-41-19-18-40-20-22-42-31-12-8-29(9-13-31)35(39)46-32-14-6-28(7-15-32)27-4-10-30(11-5-27)43-24-25-44-33(37)16-17-36/h4-15,26H,3,16-25H2,1-2H3. The second-order valence-corrected chi connectivity index (χ2v) is 10.4. The predicted octanol–water partition coefficient (Wildman–Crippen LogP) is 6.13. The summed E-state index contributed by atoms with van der Waals surface area (Å²) >= 11 is 5.51. The van der Waals surface area contributed by atoms with Gasteiger partial charge in [0.15, 0.2) is 0 Å². The van der Waals surface area contributed by atoms with Crippen molar-refractivity contribution in [1.82, 2.24) is 0 Å². The fourth-order valence-corrected chi connectivity index (χ4v) is 3.98. The van der Waals surface area contributed by atoms with Crippen LogP contribution in [0, 0.1) is 5.92 Å². The van der Waals surface area contributed by atoms with Gasteiger partial charge in [0.25, 0.3) is 0 Å². The van der Waals surface area contributed by atoms with Crippen molar-refractivity contribution in [2.45, 2.75) is 26.7 Å². The van der Waals surface area contributed by atoms with Crippen molar-refractivity contribution in [3.05, 3.63) is 78.4 Å². The normalized spacial score (nSPS) is 11.4. The van der Waals surface area contributed by atoms with Crippen LogP contribution in [0.2, 0.25) is 0 Å². The van der Waals surface area contributed by atoms with Gasteiger partial charge in [-0.15, -0.1) is 11.6 Å². The number of hydrogen-bond donors (Lipinski definition) is 0. The molecule has 0 saturated carbocycles. The second kappa shape index (κ2) is 20.8. The van der Waals surface area contributed by atoms with E-state index in [1.54, 1.807) is 36.4 Å². The minimum absolute atomic E-state index is 0.100. The predicted molar refractivity (Wildman–Crippen MR) is 173 cm³/mol. The van der Waals surface area contributed by atoms with Crippen LogP contribution in [0.15, 0.2) is 72.8 Å². The number of benzene rings is 3. The van der Waals surface area contributed by atoms with Crippen molar-refractivity contribution >= 4 is 29.5 Å². The van der Waals surface area contributed by atoms with Crippen molar-refractivity contribution in [2.24, 2.45) is 5.92 Å². The minimum atomic E-state index is -0.480. The van der Waals surface area contributed by atoms with Crippen molar-refractivity contribution in [2.75, 3.05) is 58.7 Å². The Kier molecular flexibility index (Phi) is 16.5. The van der Waals surface area contributed by atoms with Gasteiger partial charge >= 0.3 is 17.9 Å². The highest BCUT2D eigenvalue weighted by molar-refractivity contribution is 6.18. The van der Waals surface area contributed by atoms with E-state index in [4.69, 9.17) is 44.8 Å². The summed E-state index contributed by atoms with van der Waals surface area (Å²) in [5.74, 6) is 0.777. The molecule has 0 amide bonds. The summed E-state index contributed by atoms with van der Waals surface area (Å²) in [6.07, 6.45) is 0.926. The van der Waals surface area contributed by atoms with Crippen LogP contribution in [0.25, 0.3) is 11.1 Å². The molecule has 0 saturated heterocycles.